The monoisotopic (exact) mass is 300 g/mol. The zero-order valence-corrected chi connectivity index (χ0v) is 11.6. The zero-order chi connectivity index (χ0) is 16.5. The Hall–Kier alpha value is -2.64. The summed E-state index contributed by atoms with van der Waals surface area (Å²) in [4.78, 5) is 42.7. The summed E-state index contributed by atoms with van der Waals surface area (Å²) in [6.45, 7) is 3.09. The highest BCUT2D eigenvalue weighted by atomic mass is 16.5. The molecule has 2 N–H and O–H groups in total. The minimum atomic E-state index is -1.27. The molecule has 8 nitrogen and oxygen atoms in total. The third-order valence-electron chi connectivity index (χ3n) is 1.93. The van der Waals surface area contributed by atoms with Gasteiger partial charge in [-0.3, -0.25) is 0 Å². The predicted molar refractivity (Wildman–Crippen MR) is 69.3 cm³/mol. The van der Waals surface area contributed by atoms with E-state index in [1.165, 1.54) is 0 Å². The van der Waals surface area contributed by atoms with Crippen LogP contribution < -0.4 is 0 Å². The maximum atomic E-state index is 11.2. The first kappa shape index (κ1) is 18.4. The van der Waals surface area contributed by atoms with Gasteiger partial charge in [-0.2, -0.15) is 0 Å². The summed E-state index contributed by atoms with van der Waals surface area (Å²) in [7, 11) is 0. The molecule has 0 heterocycles. The summed E-state index contributed by atoms with van der Waals surface area (Å²) < 4.78 is 9.59. The van der Waals surface area contributed by atoms with Gasteiger partial charge in [0.05, 0.1) is 13.2 Å². The normalized spacial score (nSPS) is 11.5. The van der Waals surface area contributed by atoms with Gasteiger partial charge in [-0.15, -0.1) is 0 Å². The van der Waals surface area contributed by atoms with Gasteiger partial charge in [-0.05, 0) is 0 Å². The van der Waals surface area contributed by atoms with E-state index < -0.39 is 29.3 Å². The molecule has 0 rings (SSSR count). The van der Waals surface area contributed by atoms with Gasteiger partial charge in [0.2, 0.25) is 0 Å². The first-order valence-electron chi connectivity index (χ1n) is 5.78. The third kappa shape index (κ3) is 10.9. The minimum Gasteiger partial charge on any atom is -0.478 e. The fourth-order valence-corrected chi connectivity index (χ4v) is 0.950. The van der Waals surface area contributed by atoms with Crippen LogP contribution in [0.5, 0.6) is 0 Å². The number of carbonyl (C=O) groups is 4. The SMILES string of the molecule is CC(C)(COC(=O)/C=C/C(=O)O)COC(=O)/C=C/C(=O)O. The van der Waals surface area contributed by atoms with Crippen molar-refractivity contribution < 1.29 is 38.9 Å². The van der Waals surface area contributed by atoms with Crippen molar-refractivity contribution in [1.29, 1.82) is 0 Å². The number of ether oxygens (including phenoxy) is 2. The molecule has 0 radical (unpaired) electrons. The van der Waals surface area contributed by atoms with E-state index in [0.717, 1.165) is 12.2 Å². The number of carboxylic acid groups (broad SMARTS) is 2. The van der Waals surface area contributed by atoms with E-state index in [0.29, 0.717) is 12.2 Å². The lowest BCUT2D eigenvalue weighted by Crippen LogP contribution is -2.28. The summed E-state index contributed by atoms with van der Waals surface area (Å²) in [5.74, 6) is -4.21. The first-order chi connectivity index (χ1) is 9.62. The van der Waals surface area contributed by atoms with Gasteiger partial charge < -0.3 is 19.7 Å². The quantitative estimate of drug-likeness (QED) is 0.486. The summed E-state index contributed by atoms with van der Waals surface area (Å²) in [5.41, 5.74) is -0.709. The van der Waals surface area contributed by atoms with Crippen LogP contribution in [0.15, 0.2) is 24.3 Å². The Labute approximate surface area is 120 Å². The number of esters is 2. The Morgan fingerprint density at radius 2 is 1.14 bits per heavy atom. The summed E-state index contributed by atoms with van der Waals surface area (Å²) >= 11 is 0. The largest absolute Gasteiger partial charge is 0.478 e. The average Bonchev–Trinajstić information content (AvgIpc) is 2.38. The lowest BCUT2D eigenvalue weighted by molar-refractivity contribution is -0.147. The maximum absolute atomic E-state index is 11.2. The molecule has 0 amide bonds. The van der Waals surface area contributed by atoms with Gasteiger partial charge in [0.25, 0.3) is 0 Å². The van der Waals surface area contributed by atoms with Crippen LogP contribution in [0, 0.1) is 5.41 Å². The van der Waals surface area contributed by atoms with Crippen molar-refractivity contribution in [2.75, 3.05) is 13.2 Å². The number of carbonyl (C=O) groups excluding carboxylic acids is 2. The topological polar surface area (TPSA) is 127 Å². The minimum absolute atomic E-state index is 0.105. The molecule has 8 heteroatoms. The Morgan fingerprint density at radius 3 is 1.43 bits per heavy atom. The Morgan fingerprint density at radius 1 is 0.810 bits per heavy atom. The van der Waals surface area contributed by atoms with Gasteiger partial charge in [0, 0.05) is 29.7 Å². The molecule has 0 atom stereocenters. The molecule has 0 aliphatic carbocycles. The van der Waals surface area contributed by atoms with Gasteiger partial charge in [-0.1, -0.05) is 13.8 Å². The van der Waals surface area contributed by atoms with Crippen LogP contribution in [0.2, 0.25) is 0 Å². The Balaban J connectivity index is 4.20. The summed E-state index contributed by atoms with van der Waals surface area (Å²) in [5, 5.41) is 16.7. The molecule has 0 aromatic rings. The summed E-state index contributed by atoms with van der Waals surface area (Å²) in [6, 6.07) is 0. The van der Waals surface area contributed by atoms with Crippen molar-refractivity contribution in [3.05, 3.63) is 24.3 Å². The molecule has 0 spiro atoms. The molecule has 0 aromatic carbocycles. The van der Waals surface area contributed by atoms with Crippen molar-refractivity contribution in [3.63, 3.8) is 0 Å². The average molecular weight is 300 g/mol. The fraction of sp³-hybridized carbons (Fsp3) is 0.385. The highest BCUT2D eigenvalue weighted by Gasteiger charge is 2.22. The van der Waals surface area contributed by atoms with Gasteiger partial charge in [0.1, 0.15) is 0 Å². The van der Waals surface area contributed by atoms with Crippen LogP contribution in [-0.2, 0) is 28.7 Å². The van der Waals surface area contributed by atoms with E-state index in [1.807, 2.05) is 0 Å². The van der Waals surface area contributed by atoms with E-state index in [-0.39, 0.29) is 13.2 Å². The van der Waals surface area contributed by atoms with Crippen LogP contribution in [0.25, 0.3) is 0 Å². The molecule has 0 aliphatic heterocycles. The highest BCUT2D eigenvalue weighted by Crippen LogP contribution is 2.16. The van der Waals surface area contributed by atoms with Crippen LogP contribution >= 0.6 is 0 Å². The van der Waals surface area contributed by atoms with Gasteiger partial charge in [-0.25, -0.2) is 19.2 Å². The van der Waals surface area contributed by atoms with Crippen LogP contribution in [0.4, 0.5) is 0 Å². The van der Waals surface area contributed by atoms with E-state index in [1.54, 1.807) is 13.8 Å². The molecule has 0 saturated heterocycles. The smallest absolute Gasteiger partial charge is 0.331 e. The molecule has 0 aliphatic rings. The van der Waals surface area contributed by atoms with Crippen molar-refractivity contribution in [1.82, 2.24) is 0 Å². The van der Waals surface area contributed by atoms with Crippen LogP contribution in [-0.4, -0.2) is 47.3 Å². The molecule has 0 bridgehead atoms. The van der Waals surface area contributed by atoms with Crippen molar-refractivity contribution >= 4 is 23.9 Å². The lowest BCUT2D eigenvalue weighted by Gasteiger charge is -2.22. The fourth-order valence-electron chi connectivity index (χ4n) is 0.950. The Kier molecular flexibility index (Phi) is 7.44. The number of carboxylic acids is 2. The second-order valence-electron chi connectivity index (χ2n) is 4.72. The molecule has 116 valence electrons. The zero-order valence-electron chi connectivity index (χ0n) is 11.6. The number of aliphatic carboxylic acids is 2. The Bertz CT molecular complexity index is 431. The van der Waals surface area contributed by atoms with E-state index in [2.05, 4.69) is 0 Å². The van der Waals surface area contributed by atoms with Gasteiger partial charge >= 0.3 is 23.9 Å². The molecular weight excluding hydrogens is 284 g/mol. The standard InChI is InChI=1S/C13H16O8/c1-13(2,7-20-11(18)5-3-9(14)15)8-21-12(19)6-4-10(16)17/h3-6H,7-8H2,1-2H3,(H,14,15)(H,16,17)/b5-3+,6-4+. The molecule has 0 fully saturated rings. The van der Waals surface area contributed by atoms with Crippen molar-refractivity contribution in [3.8, 4) is 0 Å². The lowest BCUT2D eigenvalue weighted by atomic mass is 9.96. The molecular formula is C13H16O8. The predicted octanol–water partition coefficient (Wildman–Crippen LogP) is 0.381. The molecule has 0 unspecified atom stereocenters. The summed E-state index contributed by atoms with van der Waals surface area (Å²) in [6.07, 6.45) is 2.82. The molecule has 0 saturated carbocycles. The molecule has 21 heavy (non-hydrogen) atoms. The van der Waals surface area contributed by atoms with E-state index in [4.69, 9.17) is 19.7 Å². The van der Waals surface area contributed by atoms with E-state index in [9.17, 15) is 19.2 Å². The van der Waals surface area contributed by atoms with Crippen LogP contribution in [0.3, 0.4) is 0 Å². The second-order valence-corrected chi connectivity index (χ2v) is 4.72. The maximum Gasteiger partial charge on any atom is 0.331 e. The number of rotatable bonds is 8. The van der Waals surface area contributed by atoms with E-state index >= 15 is 0 Å². The highest BCUT2D eigenvalue weighted by molar-refractivity contribution is 5.91. The molecule has 0 aromatic heterocycles. The second kappa shape index (κ2) is 8.51. The number of hydrogen-bond donors (Lipinski definition) is 2. The first-order valence-corrected chi connectivity index (χ1v) is 5.78. The van der Waals surface area contributed by atoms with Crippen molar-refractivity contribution in [2.24, 2.45) is 5.41 Å². The van der Waals surface area contributed by atoms with Crippen molar-refractivity contribution in [2.45, 2.75) is 13.8 Å². The van der Waals surface area contributed by atoms with Gasteiger partial charge in [0.15, 0.2) is 0 Å². The number of hydrogen-bond acceptors (Lipinski definition) is 6. The van der Waals surface area contributed by atoms with Crippen LogP contribution in [0.1, 0.15) is 13.8 Å². The third-order valence-corrected chi connectivity index (χ3v) is 1.93.